The van der Waals surface area contributed by atoms with Crippen LogP contribution in [0.3, 0.4) is 0 Å². The van der Waals surface area contributed by atoms with Gasteiger partial charge in [0.2, 0.25) is 5.91 Å². The number of carbonyl (C=O) groups is 1. The van der Waals surface area contributed by atoms with Gasteiger partial charge < -0.3 is 5.32 Å². The van der Waals surface area contributed by atoms with Crippen molar-refractivity contribution in [3.63, 3.8) is 0 Å². The molecule has 7 heteroatoms. The summed E-state index contributed by atoms with van der Waals surface area (Å²) in [7, 11) is 0. The number of pyridine rings is 1. The van der Waals surface area contributed by atoms with Gasteiger partial charge in [0.1, 0.15) is 6.54 Å². The monoisotopic (exact) mass is 391 g/mol. The summed E-state index contributed by atoms with van der Waals surface area (Å²) in [5.74, 6) is -0.245. The van der Waals surface area contributed by atoms with Gasteiger partial charge in [-0.2, -0.15) is 0 Å². The number of hydrogen-bond acceptors (Lipinski definition) is 4. The van der Waals surface area contributed by atoms with Crippen LogP contribution in [0.1, 0.15) is 23.5 Å². The quantitative estimate of drug-likeness (QED) is 0.472. The van der Waals surface area contributed by atoms with Crippen molar-refractivity contribution in [2.45, 2.75) is 18.9 Å². The molecule has 1 aromatic heterocycles. The largest absolute Gasteiger partial charge is 0.355 e. The zero-order valence-electron chi connectivity index (χ0n) is 15.7. The highest BCUT2D eigenvalue weighted by Gasteiger charge is 2.15. The van der Waals surface area contributed by atoms with E-state index in [4.69, 9.17) is 0 Å². The molecule has 0 aliphatic heterocycles. The highest BCUT2D eigenvalue weighted by atomic mass is 16.6. The van der Waals surface area contributed by atoms with Crippen LogP contribution < -0.4 is 10.9 Å². The summed E-state index contributed by atoms with van der Waals surface area (Å²) in [4.78, 5) is 34.4. The van der Waals surface area contributed by atoms with Crippen molar-refractivity contribution in [3.05, 3.63) is 111 Å². The lowest BCUT2D eigenvalue weighted by Gasteiger charge is -2.18. The van der Waals surface area contributed by atoms with Crippen molar-refractivity contribution in [2.75, 3.05) is 6.54 Å². The molecule has 0 spiro atoms. The maximum atomic E-state index is 12.3. The summed E-state index contributed by atoms with van der Waals surface area (Å²) in [5, 5.41) is 13.7. The first-order valence-electron chi connectivity index (χ1n) is 9.26. The van der Waals surface area contributed by atoms with Gasteiger partial charge in [-0.05, 0) is 17.5 Å². The molecule has 2 aromatic carbocycles. The third-order valence-corrected chi connectivity index (χ3v) is 4.65. The van der Waals surface area contributed by atoms with Crippen molar-refractivity contribution in [2.24, 2.45) is 0 Å². The van der Waals surface area contributed by atoms with Crippen LogP contribution in [0.15, 0.2) is 83.8 Å². The van der Waals surface area contributed by atoms with E-state index in [1.807, 2.05) is 36.4 Å². The molecular formula is C22H21N3O4. The fourth-order valence-corrected chi connectivity index (χ4v) is 3.21. The highest BCUT2D eigenvalue weighted by molar-refractivity contribution is 5.75. The smallest absolute Gasteiger partial charge is 0.285 e. The topological polar surface area (TPSA) is 94.2 Å². The van der Waals surface area contributed by atoms with E-state index in [2.05, 4.69) is 29.6 Å². The van der Waals surface area contributed by atoms with Crippen LogP contribution in [0.4, 0.5) is 5.69 Å². The second-order valence-electron chi connectivity index (χ2n) is 6.62. The zero-order valence-corrected chi connectivity index (χ0v) is 15.7. The van der Waals surface area contributed by atoms with Gasteiger partial charge in [0, 0.05) is 24.6 Å². The Morgan fingerprint density at radius 2 is 1.55 bits per heavy atom. The Kier molecular flexibility index (Phi) is 6.52. The molecular weight excluding hydrogens is 370 g/mol. The molecule has 0 radical (unpaired) electrons. The van der Waals surface area contributed by atoms with Crippen LogP contribution in [0.2, 0.25) is 0 Å². The van der Waals surface area contributed by atoms with E-state index in [9.17, 15) is 19.7 Å². The molecule has 0 aliphatic rings. The third kappa shape index (κ3) is 5.38. The Hall–Kier alpha value is -3.74. The molecule has 148 valence electrons. The maximum Gasteiger partial charge on any atom is 0.285 e. The van der Waals surface area contributed by atoms with E-state index in [0.29, 0.717) is 13.0 Å². The van der Waals surface area contributed by atoms with E-state index >= 15 is 0 Å². The second kappa shape index (κ2) is 9.45. The summed E-state index contributed by atoms with van der Waals surface area (Å²) in [6, 6.07) is 22.3. The predicted octanol–water partition coefficient (Wildman–Crippen LogP) is 3.09. The average molecular weight is 391 g/mol. The molecule has 0 bridgehead atoms. The molecule has 3 rings (SSSR count). The van der Waals surface area contributed by atoms with Crippen LogP contribution >= 0.6 is 0 Å². The molecule has 0 atom stereocenters. The maximum absolute atomic E-state index is 12.3. The molecule has 0 fully saturated rings. The van der Waals surface area contributed by atoms with E-state index < -0.39 is 10.5 Å². The predicted molar refractivity (Wildman–Crippen MR) is 110 cm³/mol. The van der Waals surface area contributed by atoms with Gasteiger partial charge in [0.15, 0.2) is 0 Å². The first kappa shape index (κ1) is 20.0. The van der Waals surface area contributed by atoms with Crippen LogP contribution in [0, 0.1) is 10.1 Å². The molecule has 29 heavy (non-hydrogen) atoms. The number of carbonyl (C=O) groups excluding carboxylic acids is 1. The van der Waals surface area contributed by atoms with E-state index in [0.717, 1.165) is 34.0 Å². The number of nitrogens with one attached hydrogen (secondary N) is 1. The number of nitrogens with zero attached hydrogens (tertiary/aromatic N) is 2. The highest BCUT2D eigenvalue weighted by Crippen LogP contribution is 2.27. The molecule has 0 unspecified atom stereocenters. The standard InChI is InChI=1S/C22H21N3O4/c26-21(16-24-15-19(25(28)29)11-12-22(24)27)23-14-13-20(17-7-3-1-4-8-17)18-9-5-2-6-10-18/h1-12,15,20H,13-14,16H2,(H,23,26). The number of rotatable bonds is 8. The lowest BCUT2D eigenvalue weighted by Crippen LogP contribution is -2.33. The number of nitro groups is 1. The zero-order chi connectivity index (χ0) is 20.6. The minimum Gasteiger partial charge on any atom is -0.355 e. The van der Waals surface area contributed by atoms with Crippen molar-refractivity contribution in [1.29, 1.82) is 0 Å². The molecule has 0 saturated carbocycles. The molecule has 0 saturated heterocycles. The minimum atomic E-state index is -0.599. The lowest BCUT2D eigenvalue weighted by atomic mass is 9.88. The van der Waals surface area contributed by atoms with Crippen LogP contribution in [-0.2, 0) is 11.3 Å². The van der Waals surface area contributed by atoms with E-state index in [-0.39, 0.29) is 24.1 Å². The summed E-state index contributed by atoms with van der Waals surface area (Å²) >= 11 is 0. The summed E-state index contributed by atoms with van der Waals surface area (Å²) in [6.45, 7) is 0.152. The van der Waals surface area contributed by atoms with Gasteiger partial charge in [-0.3, -0.25) is 24.3 Å². The van der Waals surface area contributed by atoms with Crippen LogP contribution in [-0.4, -0.2) is 21.9 Å². The van der Waals surface area contributed by atoms with Crippen molar-refractivity contribution >= 4 is 11.6 Å². The SMILES string of the molecule is O=C(Cn1cc([N+](=O)[O-])ccc1=O)NCCC(c1ccccc1)c1ccccc1. The van der Waals surface area contributed by atoms with Gasteiger partial charge in [-0.15, -0.1) is 0 Å². The number of hydrogen-bond donors (Lipinski definition) is 1. The van der Waals surface area contributed by atoms with Crippen LogP contribution in [0.5, 0.6) is 0 Å². The van der Waals surface area contributed by atoms with Gasteiger partial charge in [0.25, 0.3) is 11.2 Å². The van der Waals surface area contributed by atoms with Crippen molar-refractivity contribution < 1.29 is 9.72 Å². The van der Waals surface area contributed by atoms with Crippen molar-refractivity contribution in [1.82, 2.24) is 9.88 Å². The summed E-state index contributed by atoms with van der Waals surface area (Å²) in [6.07, 6.45) is 1.77. The number of amides is 1. The van der Waals surface area contributed by atoms with Crippen molar-refractivity contribution in [3.8, 4) is 0 Å². The van der Waals surface area contributed by atoms with Gasteiger partial charge in [-0.25, -0.2) is 0 Å². The third-order valence-electron chi connectivity index (χ3n) is 4.65. The summed E-state index contributed by atoms with van der Waals surface area (Å²) in [5.41, 5.74) is 1.62. The first-order valence-corrected chi connectivity index (χ1v) is 9.26. The average Bonchev–Trinajstić information content (AvgIpc) is 2.74. The van der Waals surface area contributed by atoms with E-state index in [1.54, 1.807) is 0 Å². The first-order chi connectivity index (χ1) is 14.0. The number of benzene rings is 2. The van der Waals surface area contributed by atoms with E-state index in [1.165, 1.54) is 0 Å². The fraction of sp³-hybridized carbons (Fsp3) is 0.182. The molecule has 1 amide bonds. The molecule has 1 N–H and O–H groups in total. The fourth-order valence-electron chi connectivity index (χ4n) is 3.21. The summed E-state index contributed by atoms with van der Waals surface area (Å²) < 4.78 is 1.04. The van der Waals surface area contributed by atoms with Gasteiger partial charge in [0.05, 0.1) is 11.1 Å². The molecule has 3 aromatic rings. The Bertz CT molecular complexity index is 993. The molecule has 7 nitrogen and oxygen atoms in total. The molecule has 1 heterocycles. The minimum absolute atomic E-state index is 0.123. The normalized spacial score (nSPS) is 10.7. The Labute approximate surface area is 167 Å². The lowest BCUT2D eigenvalue weighted by molar-refractivity contribution is -0.385. The van der Waals surface area contributed by atoms with Gasteiger partial charge in [-0.1, -0.05) is 60.7 Å². The Morgan fingerprint density at radius 1 is 0.966 bits per heavy atom. The Balaban J connectivity index is 1.64. The Morgan fingerprint density at radius 3 is 2.10 bits per heavy atom. The second-order valence-corrected chi connectivity index (χ2v) is 6.62. The number of aromatic nitrogens is 1. The van der Waals surface area contributed by atoms with Gasteiger partial charge >= 0.3 is 0 Å². The molecule has 0 aliphatic carbocycles. The van der Waals surface area contributed by atoms with Crippen LogP contribution in [0.25, 0.3) is 0 Å².